The second-order valence-corrected chi connectivity index (χ2v) is 4.97. The second kappa shape index (κ2) is 6.50. The normalized spacial score (nSPS) is 13.7. The van der Waals surface area contributed by atoms with Crippen LogP contribution in [0.5, 0.6) is 0 Å². The van der Waals surface area contributed by atoms with E-state index in [9.17, 15) is 14.7 Å². The Labute approximate surface area is 103 Å². The highest BCUT2D eigenvalue weighted by Crippen LogP contribution is 2.25. The number of carbonyl (C=O) groups excluding carboxylic acids is 2. The fourth-order valence-electron chi connectivity index (χ4n) is 1.38. The molecule has 0 aliphatic carbocycles. The predicted octanol–water partition coefficient (Wildman–Crippen LogP) is 2.44. The number of Topliss-reactive ketones (excluding diaryl/α,β-unsaturated/α-hetero) is 1. The molecule has 0 fully saturated rings. The zero-order valence-corrected chi connectivity index (χ0v) is 11.1. The molecule has 0 aliphatic heterocycles. The summed E-state index contributed by atoms with van der Waals surface area (Å²) in [6, 6.07) is 0. The van der Waals surface area contributed by atoms with Crippen LogP contribution in [0.25, 0.3) is 0 Å². The Morgan fingerprint density at radius 3 is 2.29 bits per heavy atom. The molecule has 0 rings (SSSR count). The number of rotatable bonds is 7. The molecule has 1 unspecified atom stereocenters. The van der Waals surface area contributed by atoms with Crippen molar-refractivity contribution in [2.24, 2.45) is 5.41 Å². The first kappa shape index (κ1) is 15.8. The zero-order valence-electron chi connectivity index (χ0n) is 11.1. The van der Waals surface area contributed by atoms with Crippen molar-refractivity contribution in [1.82, 2.24) is 0 Å². The first-order valence-electron chi connectivity index (χ1n) is 5.79. The van der Waals surface area contributed by atoms with Crippen molar-refractivity contribution in [1.29, 1.82) is 0 Å². The van der Waals surface area contributed by atoms with Crippen molar-refractivity contribution in [3.8, 4) is 0 Å². The maximum atomic E-state index is 11.9. The van der Waals surface area contributed by atoms with Gasteiger partial charge in [-0.1, -0.05) is 39.0 Å². The molecule has 0 aromatic carbocycles. The summed E-state index contributed by atoms with van der Waals surface area (Å²) in [4.78, 5) is 23.2. The van der Waals surface area contributed by atoms with Gasteiger partial charge in [-0.3, -0.25) is 9.59 Å². The van der Waals surface area contributed by atoms with Gasteiger partial charge in [0, 0.05) is 11.8 Å². The molecule has 0 amide bonds. The van der Waals surface area contributed by atoms with Gasteiger partial charge in [-0.05, 0) is 19.4 Å². The molecular formula is C14H22O3. The molecule has 17 heavy (non-hydrogen) atoms. The molecule has 0 bridgehead atoms. The van der Waals surface area contributed by atoms with E-state index in [4.69, 9.17) is 0 Å². The van der Waals surface area contributed by atoms with Gasteiger partial charge in [0.25, 0.3) is 0 Å². The highest BCUT2D eigenvalue weighted by molar-refractivity contribution is 5.95. The SMILES string of the molecule is C=C(C)C=CC(=O)C(C)(C)CC(O)C(=O)CC. The van der Waals surface area contributed by atoms with Gasteiger partial charge in [-0.15, -0.1) is 0 Å². The van der Waals surface area contributed by atoms with Gasteiger partial charge < -0.3 is 5.11 Å². The van der Waals surface area contributed by atoms with E-state index < -0.39 is 11.5 Å². The van der Waals surface area contributed by atoms with Crippen LogP contribution in [-0.4, -0.2) is 22.8 Å². The van der Waals surface area contributed by atoms with E-state index >= 15 is 0 Å². The fourth-order valence-corrected chi connectivity index (χ4v) is 1.38. The van der Waals surface area contributed by atoms with Crippen LogP contribution in [0.15, 0.2) is 24.3 Å². The lowest BCUT2D eigenvalue weighted by molar-refractivity contribution is -0.131. The molecule has 0 aliphatic rings. The molecule has 0 saturated heterocycles. The lowest BCUT2D eigenvalue weighted by atomic mass is 9.81. The Hall–Kier alpha value is -1.22. The molecule has 0 aromatic heterocycles. The third kappa shape index (κ3) is 5.59. The summed E-state index contributed by atoms with van der Waals surface area (Å²) in [7, 11) is 0. The summed E-state index contributed by atoms with van der Waals surface area (Å²) in [6.07, 6.45) is 2.47. The Bertz CT molecular complexity index is 337. The van der Waals surface area contributed by atoms with Crippen LogP contribution in [0, 0.1) is 5.41 Å². The molecule has 1 N–H and O–H groups in total. The van der Waals surface area contributed by atoms with E-state index in [0.29, 0.717) is 0 Å². The van der Waals surface area contributed by atoms with Crippen LogP contribution in [-0.2, 0) is 9.59 Å². The maximum Gasteiger partial charge on any atom is 0.161 e. The monoisotopic (exact) mass is 238 g/mol. The third-order valence-electron chi connectivity index (χ3n) is 2.61. The number of allylic oxidation sites excluding steroid dienone is 3. The van der Waals surface area contributed by atoms with E-state index in [-0.39, 0.29) is 24.4 Å². The van der Waals surface area contributed by atoms with Gasteiger partial charge in [0.1, 0.15) is 6.10 Å². The topological polar surface area (TPSA) is 54.4 Å². The molecular weight excluding hydrogens is 216 g/mol. The molecule has 3 nitrogen and oxygen atoms in total. The average molecular weight is 238 g/mol. The summed E-state index contributed by atoms with van der Waals surface area (Å²) < 4.78 is 0. The molecule has 0 radical (unpaired) electrons. The van der Waals surface area contributed by atoms with E-state index in [1.165, 1.54) is 6.08 Å². The number of hydrogen-bond acceptors (Lipinski definition) is 3. The molecule has 1 atom stereocenters. The van der Waals surface area contributed by atoms with Crippen molar-refractivity contribution in [3.05, 3.63) is 24.3 Å². The number of aliphatic hydroxyl groups is 1. The van der Waals surface area contributed by atoms with E-state index in [1.807, 2.05) is 0 Å². The molecule has 0 spiro atoms. The van der Waals surface area contributed by atoms with Crippen molar-refractivity contribution in [2.45, 2.75) is 46.6 Å². The maximum absolute atomic E-state index is 11.9. The standard InChI is InChI=1S/C14H22O3/c1-6-11(15)12(16)9-14(4,5)13(17)8-7-10(2)3/h7-8,12,16H,2,6,9H2,1,3-5H3. The molecule has 0 aromatic rings. The lowest BCUT2D eigenvalue weighted by Crippen LogP contribution is -2.32. The van der Waals surface area contributed by atoms with Crippen LogP contribution < -0.4 is 0 Å². The van der Waals surface area contributed by atoms with Crippen molar-refractivity contribution in [2.75, 3.05) is 0 Å². The largest absolute Gasteiger partial charge is 0.385 e. The summed E-state index contributed by atoms with van der Waals surface area (Å²) >= 11 is 0. The quantitative estimate of drug-likeness (QED) is 0.547. The minimum atomic E-state index is -1.06. The Kier molecular flexibility index (Phi) is 6.03. The first-order valence-corrected chi connectivity index (χ1v) is 5.79. The Balaban J connectivity index is 4.62. The lowest BCUT2D eigenvalue weighted by Gasteiger charge is -2.23. The minimum Gasteiger partial charge on any atom is -0.385 e. The number of ketones is 2. The Morgan fingerprint density at radius 2 is 1.88 bits per heavy atom. The highest BCUT2D eigenvalue weighted by atomic mass is 16.3. The molecule has 96 valence electrons. The number of aliphatic hydroxyl groups excluding tert-OH is 1. The molecule has 3 heteroatoms. The van der Waals surface area contributed by atoms with Crippen molar-refractivity contribution in [3.63, 3.8) is 0 Å². The van der Waals surface area contributed by atoms with Crippen molar-refractivity contribution < 1.29 is 14.7 Å². The predicted molar refractivity (Wildman–Crippen MR) is 68.7 cm³/mol. The first-order chi connectivity index (χ1) is 7.70. The van der Waals surface area contributed by atoms with Gasteiger partial charge in [-0.2, -0.15) is 0 Å². The van der Waals surface area contributed by atoms with Crippen LogP contribution in [0.3, 0.4) is 0 Å². The van der Waals surface area contributed by atoms with Crippen LogP contribution in [0.2, 0.25) is 0 Å². The summed E-state index contributed by atoms with van der Waals surface area (Å²) in [5, 5.41) is 9.64. The van der Waals surface area contributed by atoms with E-state index in [0.717, 1.165) is 5.57 Å². The molecule has 0 saturated carbocycles. The zero-order chi connectivity index (χ0) is 13.6. The van der Waals surface area contributed by atoms with Crippen molar-refractivity contribution >= 4 is 11.6 Å². The molecule has 0 heterocycles. The van der Waals surface area contributed by atoms with Gasteiger partial charge >= 0.3 is 0 Å². The van der Waals surface area contributed by atoms with E-state index in [1.54, 1.807) is 33.8 Å². The number of carbonyl (C=O) groups is 2. The summed E-state index contributed by atoms with van der Waals surface area (Å²) in [6.45, 7) is 10.6. The van der Waals surface area contributed by atoms with Gasteiger partial charge in [0.15, 0.2) is 11.6 Å². The van der Waals surface area contributed by atoms with Crippen LogP contribution in [0.4, 0.5) is 0 Å². The average Bonchev–Trinajstić information content (AvgIpc) is 2.23. The van der Waals surface area contributed by atoms with Gasteiger partial charge in [0.2, 0.25) is 0 Å². The highest BCUT2D eigenvalue weighted by Gasteiger charge is 2.30. The fraction of sp³-hybridized carbons (Fsp3) is 0.571. The van der Waals surface area contributed by atoms with Crippen LogP contribution >= 0.6 is 0 Å². The smallest absolute Gasteiger partial charge is 0.161 e. The van der Waals surface area contributed by atoms with E-state index in [2.05, 4.69) is 6.58 Å². The van der Waals surface area contributed by atoms with Gasteiger partial charge in [-0.25, -0.2) is 0 Å². The minimum absolute atomic E-state index is 0.108. The summed E-state index contributed by atoms with van der Waals surface area (Å²) in [5.74, 6) is -0.335. The van der Waals surface area contributed by atoms with Crippen LogP contribution in [0.1, 0.15) is 40.5 Å². The van der Waals surface area contributed by atoms with Gasteiger partial charge in [0.05, 0.1) is 0 Å². The summed E-state index contributed by atoms with van der Waals surface area (Å²) in [5.41, 5.74) is 0.0512. The third-order valence-corrected chi connectivity index (χ3v) is 2.61. The Morgan fingerprint density at radius 1 is 1.35 bits per heavy atom. The number of hydrogen-bond donors (Lipinski definition) is 1. The second-order valence-electron chi connectivity index (χ2n) is 4.97.